The van der Waals surface area contributed by atoms with Crippen LogP contribution in [-0.2, 0) is 27.4 Å². The summed E-state index contributed by atoms with van der Waals surface area (Å²) in [5, 5.41) is 13.4. The predicted molar refractivity (Wildman–Crippen MR) is 146 cm³/mol. The lowest BCUT2D eigenvalue weighted by molar-refractivity contribution is -0.192. The van der Waals surface area contributed by atoms with E-state index in [2.05, 4.69) is 20.6 Å². The number of carbonyl (C=O) groups is 3. The molecule has 216 valence electrons. The molecule has 0 bridgehead atoms. The maximum absolute atomic E-state index is 13.3. The fraction of sp³-hybridized carbons (Fsp3) is 0.333. The Bertz CT molecular complexity index is 1270. The van der Waals surface area contributed by atoms with Gasteiger partial charge < -0.3 is 25.5 Å². The summed E-state index contributed by atoms with van der Waals surface area (Å²) in [7, 11) is 1.34. The number of halogens is 3. The smallest absolute Gasteiger partial charge is 0.475 e. The Hall–Kier alpha value is -3.84. The van der Waals surface area contributed by atoms with Crippen molar-refractivity contribution in [1.82, 2.24) is 20.6 Å². The molecule has 1 atom stereocenters. The third-order valence-electron chi connectivity index (χ3n) is 5.61. The second kappa shape index (κ2) is 15.7. The van der Waals surface area contributed by atoms with Crippen LogP contribution in [0.1, 0.15) is 33.6 Å². The van der Waals surface area contributed by atoms with Gasteiger partial charge in [0.25, 0.3) is 5.91 Å². The number of thioether (sulfide) groups is 1. The number of aromatic nitrogens is 2. The fourth-order valence-corrected chi connectivity index (χ4v) is 4.05. The molecule has 0 fully saturated rings. The molecule has 40 heavy (non-hydrogen) atoms. The highest BCUT2D eigenvalue weighted by Gasteiger charge is 2.38. The van der Waals surface area contributed by atoms with E-state index in [9.17, 15) is 22.8 Å². The molecule has 4 N–H and O–H groups in total. The highest BCUT2D eigenvalue weighted by molar-refractivity contribution is 7.98. The van der Waals surface area contributed by atoms with Gasteiger partial charge in [-0.1, -0.05) is 30.3 Å². The van der Waals surface area contributed by atoms with Crippen LogP contribution in [0.3, 0.4) is 0 Å². The van der Waals surface area contributed by atoms with Gasteiger partial charge in [-0.25, -0.2) is 14.6 Å². The Balaban J connectivity index is 0.000000708. The first-order valence-corrected chi connectivity index (χ1v) is 13.4. The quantitative estimate of drug-likeness (QED) is 0.246. The molecule has 0 radical (unpaired) electrons. The van der Waals surface area contributed by atoms with Crippen LogP contribution in [0.15, 0.2) is 55.0 Å². The molecule has 1 aromatic heterocycles. The first-order valence-electron chi connectivity index (χ1n) is 12.0. The number of H-pyrrole nitrogens is 1. The molecule has 0 saturated heterocycles. The first kappa shape index (κ1) is 32.4. The molecule has 13 heteroatoms. The molecule has 2 aromatic carbocycles. The van der Waals surface area contributed by atoms with E-state index in [1.54, 1.807) is 24.3 Å². The van der Waals surface area contributed by atoms with Gasteiger partial charge in [0.1, 0.15) is 6.04 Å². The second-order valence-electron chi connectivity index (χ2n) is 8.51. The third kappa shape index (κ3) is 10.0. The van der Waals surface area contributed by atoms with Crippen LogP contribution < -0.4 is 10.6 Å². The number of carboxylic acids is 1. The van der Waals surface area contributed by atoms with Crippen LogP contribution in [0.25, 0.3) is 11.1 Å². The molecule has 3 aromatic rings. The maximum atomic E-state index is 13.3. The van der Waals surface area contributed by atoms with Crippen molar-refractivity contribution in [1.29, 1.82) is 0 Å². The Morgan fingerprint density at radius 1 is 1.12 bits per heavy atom. The molecule has 0 aliphatic carbocycles. The van der Waals surface area contributed by atoms with Crippen LogP contribution in [-0.4, -0.2) is 64.3 Å². The van der Waals surface area contributed by atoms with Crippen molar-refractivity contribution in [3.63, 3.8) is 0 Å². The Morgan fingerprint density at radius 3 is 2.40 bits per heavy atom. The van der Waals surface area contributed by atoms with E-state index >= 15 is 0 Å². The molecule has 0 aliphatic rings. The maximum Gasteiger partial charge on any atom is 0.490 e. The highest BCUT2D eigenvalue weighted by atomic mass is 32.2. The number of aryl methyl sites for hydroxylation is 1. The van der Waals surface area contributed by atoms with Gasteiger partial charge in [-0.3, -0.25) is 4.79 Å². The lowest BCUT2D eigenvalue weighted by atomic mass is 9.93. The monoisotopic (exact) mass is 580 g/mol. The minimum Gasteiger partial charge on any atom is -0.475 e. The van der Waals surface area contributed by atoms with Gasteiger partial charge in [-0.15, -0.1) is 0 Å². The zero-order chi connectivity index (χ0) is 29.7. The Kier molecular flexibility index (Phi) is 12.7. The molecule has 0 spiro atoms. The number of aliphatic carboxylic acids is 1. The predicted octanol–water partition coefficient (Wildman–Crippen LogP) is 4.33. The topological polar surface area (TPSA) is 133 Å². The van der Waals surface area contributed by atoms with E-state index in [0.29, 0.717) is 25.1 Å². The number of rotatable bonds is 11. The average molecular weight is 581 g/mol. The minimum absolute atomic E-state index is 0.290. The number of hydrogen-bond acceptors (Lipinski definition) is 7. The van der Waals surface area contributed by atoms with Gasteiger partial charge in [0, 0.05) is 30.5 Å². The van der Waals surface area contributed by atoms with E-state index < -0.39 is 24.2 Å². The number of aromatic amines is 1. The summed E-state index contributed by atoms with van der Waals surface area (Å²) in [4.78, 5) is 41.5. The zero-order valence-electron chi connectivity index (χ0n) is 22.2. The highest BCUT2D eigenvalue weighted by Crippen LogP contribution is 2.28. The van der Waals surface area contributed by atoms with Gasteiger partial charge >= 0.3 is 18.1 Å². The van der Waals surface area contributed by atoms with Crippen molar-refractivity contribution >= 4 is 29.6 Å². The van der Waals surface area contributed by atoms with Gasteiger partial charge in [0.15, 0.2) is 0 Å². The van der Waals surface area contributed by atoms with Crippen molar-refractivity contribution < 1.29 is 37.4 Å². The van der Waals surface area contributed by atoms with Gasteiger partial charge in [0.2, 0.25) is 0 Å². The molecule has 1 amide bonds. The molecule has 0 aliphatic heterocycles. The fourth-order valence-electron chi connectivity index (χ4n) is 3.58. The minimum atomic E-state index is -5.08. The number of hydrogen-bond donors (Lipinski definition) is 4. The number of ether oxygens (including phenoxy) is 1. The van der Waals surface area contributed by atoms with Crippen molar-refractivity contribution in [2.45, 2.75) is 38.7 Å². The number of alkyl halides is 3. The average Bonchev–Trinajstić information content (AvgIpc) is 3.44. The summed E-state index contributed by atoms with van der Waals surface area (Å²) >= 11 is 1.62. The number of carbonyl (C=O) groups excluding carboxylic acids is 2. The molecular formula is C27H31F3N4O5S. The Labute approximate surface area is 233 Å². The number of nitrogens with zero attached hydrogens (tertiary/aromatic N) is 1. The van der Waals surface area contributed by atoms with Crippen molar-refractivity contribution in [2.24, 2.45) is 0 Å². The molecule has 0 saturated carbocycles. The summed E-state index contributed by atoms with van der Waals surface area (Å²) < 4.78 is 36.6. The summed E-state index contributed by atoms with van der Waals surface area (Å²) in [6, 6.07) is 13.1. The number of imidazole rings is 1. The van der Waals surface area contributed by atoms with Crippen molar-refractivity contribution in [2.75, 3.05) is 19.1 Å². The van der Waals surface area contributed by atoms with Crippen LogP contribution >= 0.6 is 11.8 Å². The van der Waals surface area contributed by atoms with Gasteiger partial charge in [0.05, 0.1) is 13.4 Å². The van der Waals surface area contributed by atoms with Crippen LogP contribution in [0.2, 0.25) is 0 Å². The van der Waals surface area contributed by atoms with E-state index in [1.165, 1.54) is 7.11 Å². The second-order valence-corrected chi connectivity index (χ2v) is 9.49. The normalized spacial score (nSPS) is 11.7. The van der Waals surface area contributed by atoms with E-state index in [1.807, 2.05) is 55.6 Å². The summed E-state index contributed by atoms with van der Waals surface area (Å²) in [5.41, 5.74) is 5.47. The van der Waals surface area contributed by atoms with Crippen molar-refractivity contribution in [3.05, 3.63) is 77.4 Å². The number of esters is 1. The number of carboxylic acid groups (broad SMARTS) is 1. The largest absolute Gasteiger partial charge is 0.490 e. The van der Waals surface area contributed by atoms with Gasteiger partial charge in [-0.05, 0) is 59.7 Å². The Morgan fingerprint density at radius 2 is 1.82 bits per heavy atom. The van der Waals surface area contributed by atoms with E-state index in [0.717, 1.165) is 33.7 Å². The first-order chi connectivity index (χ1) is 19.0. The molecular weight excluding hydrogens is 549 g/mol. The molecule has 0 unspecified atom stereocenters. The zero-order valence-corrected chi connectivity index (χ0v) is 23.0. The lowest BCUT2D eigenvalue weighted by Crippen LogP contribution is -2.42. The standard InChI is InChI=1S/C25H30N4O3S.C2HF3O2/c1-17-6-4-5-7-20(17)22-12-18(13-26-14-19-15-27-16-28-19)8-9-21(22)24(30)29-23(10-11-33-3)25(31)32-2;3-2(4,5)1(6)7/h4-9,12,15-16,23,26H,10-11,13-14H2,1-3H3,(H,27,28)(H,29,30);(H,6,7)/t23-;/m0./s1. The molecule has 1 heterocycles. The molecule has 3 rings (SSSR count). The van der Waals surface area contributed by atoms with Crippen LogP contribution in [0.5, 0.6) is 0 Å². The number of nitrogens with one attached hydrogen (secondary N) is 3. The molecule has 9 nitrogen and oxygen atoms in total. The number of amides is 1. The summed E-state index contributed by atoms with van der Waals surface area (Å²) in [6.45, 7) is 3.33. The lowest BCUT2D eigenvalue weighted by Gasteiger charge is -2.19. The summed E-state index contributed by atoms with van der Waals surface area (Å²) in [6.07, 6.45) is 0.829. The SMILES string of the molecule is COC(=O)[C@H](CCSC)NC(=O)c1ccc(CNCc2cnc[nH]2)cc1-c1ccccc1C.O=C(O)C(F)(F)F. The third-order valence-corrected chi connectivity index (χ3v) is 6.25. The number of methoxy groups -OCH3 is 1. The van der Waals surface area contributed by atoms with Gasteiger partial charge in [-0.2, -0.15) is 24.9 Å². The van der Waals surface area contributed by atoms with E-state index in [-0.39, 0.29) is 5.91 Å². The van der Waals surface area contributed by atoms with E-state index in [4.69, 9.17) is 14.6 Å². The van der Waals surface area contributed by atoms with Crippen LogP contribution in [0, 0.1) is 6.92 Å². The summed E-state index contributed by atoms with van der Waals surface area (Å²) in [5.74, 6) is -2.74. The van der Waals surface area contributed by atoms with Crippen molar-refractivity contribution in [3.8, 4) is 11.1 Å². The van der Waals surface area contributed by atoms with Crippen LogP contribution in [0.4, 0.5) is 13.2 Å². The number of benzene rings is 2.